The first-order chi connectivity index (χ1) is 14.1. The van der Waals surface area contributed by atoms with Crippen molar-refractivity contribution in [3.8, 4) is 22.8 Å². The van der Waals surface area contributed by atoms with E-state index in [2.05, 4.69) is 10.2 Å². The first kappa shape index (κ1) is 19.3. The SMILES string of the molecule is COc1ccccc1-c1cc(C(=O)N2CCC(Oc3ccc(Cl)cc3)CC2)n[nH]1. The zero-order valence-corrected chi connectivity index (χ0v) is 16.9. The maximum Gasteiger partial charge on any atom is 0.274 e. The van der Waals surface area contributed by atoms with Crippen LogP contribution in [-0.2, 0) is 0 Å². The van der Waals surface area contributed by atoms with Gasteiger partial charge in [0.15, 0.2) is 5.69 Å². The second-order valence-electron chi connectivity index (χ2n) is 6.93. The van der Waals surface area contributed by atoms with E-state index in [1.807, 2.05) is 53.4 Å². The highest BCUT2D eigenvalue weighted by atomic mass is 35.5. The van der Waals surface area contributed by atoms with Gasteiger partial charge in [0.1, 0.15) is 17.6 Å². The molecule has 0 saturated carbocycles. The number of nitrogens with one attached hydrogen (secondary N) is 1. The maximum absolute atomic E-state index is 12.9. The number of rotatable bonds is 5. The number of halogens is 1. The highest BCUT2D eigenvalue weighted by Gasteiger charge is 2.26. The summed E-state index contributed by atoms with van der Waals surface area (Å²) in [4.78, 5) is 14.7. The topological polar surface area (TPSA) is 67.4 Å². The lowest BCUT2D eigenvalue weighted by Gasteiger charge is -2.31. The second kappa shape index (κ2) is 8.57. The third-order valence-electron chi connectivity index (χ3n) is 5.04. The molecule has 4 rings (SSSR count). The number of H-pyrrole nitrogens is 1. The van der Waals surface area contributed by atoms with Gasteiger partial charge >= 0.3 is 0 Å². The van der Waals surface area contributed by atoms with Crippen molar-refractivity contribution in [2.45, 2.75) is 18.9 Å². The van der Waals surface area contributed by atoms with Crippen LogP contribution >= 0.6 is 11.6 Å². The van der Waals surface area contributed by atoms with Crippen molar-refractivity contribution in [1.82, 2.24) is 15.1 Å². The molecule has 1 aliphatic heterocycles. The van der Waals surface area contributed by atoms with Gasteiger partial charge in [-0.25, -0.2) is 0 Å². The fraction of sp³-hybridized carbons (Fsp3) is 0.273. The summed E-state index contributed by atoms with van der Waals surface area (Å²) < 4.78 is 11.4. The average molecular weight is 412 g/mol. The summed E-state index contributed by atoms with van der Waals surface area (Å²) >= 11 is 5.91. The number of methoxy groups -OCH3 is 1. The fourth-order valence-corrected chi connectivity index (χ4v) is 3.61. The molecule has 150 valence electrons. The van der Waals surface area contributed by atoms with Gasteiger partial charge in [-0.3, -0.25) is 9.89 Å². The minimum Gasteiger partial charge on any atom is -0.496 e. The van der Waals surface area contributed by atoms with Crippen molar-refractivity contribution in [2.75, 3.05) is 20.2 Å². The molecule has 1 amide bonds. The first-order valence-corrected chi connectivity index (χ1v) is 9.92. The normalized spacial score (nSPS) is 14.6. The van der Waals surface area contributed by atoms with Gasteiger partial charge in [0.25, 0.3) is 5.91 Å². The van der Waals surface area contributed by atoms with Gasteiger partial charge in [0.05, 0.1) is 12.8 Å². The fourth-order valence-electron chi connectivity index (χ4n) is 3.48. The molecule has 1 aromatic heterocycles. The first-order valence-electron chi connectivity index (χ1n) is 9.54. The molecule has 7 heteroatoms. The van der Waals surface area contributed by atoms with Gasteiger partial charge in [-0.15, -0.1) is 0 Å². The Morgan fingerprint density at radius 3 is 2.59 bits per heavy atom. The van der Waals surface area contributed by atoms with E-state index in [9.17, 15) is 4.79 Å². The largest absolute Gasteiger partial charge is 0.496 e. The lowest BCUT2D eigenvalue weighted by molar-refractivity contribution is 0.0590. The Labute approximate surface area is 174 Å². The Hall–Kier alpha value is -2.99. The van der Waals surface area contributed by atoms with Crippen molar-refractivity contribution < 1.29 is 14.3 Å². The lowest BCUT2D eigenvalue weighted by atomic mass is 10.1. The third-order valence-corrected chi connectivity index (χ3v) is 5.29. The van der Waals surface area contributed by atoms with Crippen molar-refractivity contribution in [3.63, 3.8) is 0 Å². The molecule has 1 N–H and O–H groups in total. The van der Waals surface area contributed by atoms with Crippen LogP contribution in [0, 0.1) is 0 Å². The van der Waals surface area contributed by atoms with Crippen molar-refractivity contribution >= 4 is 17.5 Å². The van der Waals surface area contributed by atoms with E-state index in [0.29, 0.717) is 23.8 Å². The smallest absolute Gasteiger partial charge is 0.274 e. The minimum absolute atomic E-state index is 0.0765. The number of hydrogen-bond acceptors (Lipinski definition) is 4. The van der Waals surface area contributed by atoms with Crippen LogP contribution in [-0.4, -0.2) is 47.3 Å². The molecular formula is C22H22ClN3O3. The van der Waals surface area contributed by atoms with Crippen LogP contribution in [0.4, 0.5) is 0 Å². The summed E-state index contributed by atoms with van der Waals surface area (Å²) in [5.41, 5.74) is 2.03. The van der Waals surface area contributed by atoms with Crippen LogP contribution in [0.2, 0.25) is 5.02 Å². The monoisotopic (exact) mass is 411 g/mol. The summed E-state index contributed by atoms with van der Waals surface area (Å²) in [7, 11) is 1.62. The quantitative estimate of drug-likeness (QED) is 0.674. The highest BCUT2D eigenvalue weighted by Crippen LogP contribution is 2.29. The van der Waals surface area contributed by atoms with Gasteiger partial charge < -0.3 is 14.4 Å². The van der Waals surface area contributed by atoms with Crippen LogP contribution in [0.5, 0.6) is 11.5 Å². The van der Waals surface area contributed by atoms with Crippen molar-refractivity contribution in [3.05, 3.63) is 65.3 Å². The van der Waals surface area contributed by atoms with Crippen molar-refractivity contribution in [2.24, 2.45) is 0 Å². The Balaban J connectivity index is 1.37. The van der Waals surface area contributed by atoms with Crippen LogP contribution in [0.1, 0.15) is 23.3 Å². The molecule has 2 heterocycles. The standard InChI is InChI=1S/C22H22ClN3O3/c1-28-21-5-3-2-4-18(21)19-14-20(25-24-19)22(27)26-12-10-17(11-13-26)29-16-8-6-15(23)7-9-16/h2-9,14,17H,10-13H2,1H3,(H,24,25). The lowest BCUT2D eigenvalue weighted by Crippen LogP contribution is -2.41. The summed E-state index contributed by atoms with van der Waals surface area (Å²) in [6.45, 7) is 1.27. The number of para-hydroxylation sites is 1. The Morgan fingerprint density at radius 2 is 1.86 bits per heavy atom. The van der Waals surface area contributed by atoms with E-state index in [1.54, 1.807) is 13.2 Å². The molecule has 0 aliphatic carbocycles. The summed E-state index contributed by atoms with van der Waals surface area (Å²) in [5, 5.41) is 7.86. The Morgan fingerprint density at radius 1 is 1.14 bits per heavy atom. The van der Waals surface area contributed by atoms with Gasteiger partial charge in [-0.05, 0) is 42.5 Å². The number of carbonyl (C=O) groups excluding carboxylic acids is 1. The number of aromatic amines is 1. The maximum atomic E-state index is 12.9. The Kier molecular flexibility index (Phi) is 5.71. The molecule has 6 nitrogen and oxygen atoms in total. The van der Waals surface area contributed by atoms with Gasteiger partial charge in [-0.1, -0.05) is 23.7 Å². The number of hydrogen-bond donors (Lipinski definition) is 1. The van der Waals surface area contributed by atoms with Crippen LogP contribution in [0.25, 0.3) is 11.3 Å². The number of likely N-dealkylation sites (tertiary alicyclic amines) is 1. The molecule has 0 bridgehead atoms. The van der Waals surface area contributed by atoms with E-state index in [0.717, 1.165) is 35.6 Å². The van der Waals surface area contributed by atoms with Crippen LogP contribution < -0.4 is 9.47 Å². The molecule has 2 aromatic carbocycles. The predicted molar refractivity (Wildman–Crippen MR) is 112 cm³/mol. The number of ether oxygens (including phenoxy) is 2. The van der Waals surface area contributed by atoms with Crippen LogP contribution in [0.15, 0.2) is 54.6 Å². The summed E-state index contributed by atoms with van der Waals surface area (Å²) in [6, 6.07) is 16.8. The van der Waals surface area contributed by atoms with Crippen molar-refractivity contribution in [1.29, 1.82) is 0 Å². The molecule has 1 aliphatic rings. The van der Waals surface area contributed by atoms with E-state index in [1.165, 1.54) is 0 Å². The minimum atomic E-state index is -0.0765. The van der Waals surface area contributed by atoms with E-state index >= 15 is 0 Å². The molecule has 1 saturated heterocycles. The molecule has 0 spiro atoms. The molecule has 3 aromatic rings. The van der Waals surface area contributed by atoms with Gasteiger partial charge in [0.2, 0.25) is 0 Å². The number of piperidine rings is 1. The average Bonchev–Trinajstić information content (AvgIpc) is 3.25. The number of aromatic nitrogens is 2. The Bertz CT molecular complexity index is 979. The highest BCUT2D eigenvalue weighted by molar-refractivity contribution is 6.30. The van der Waals surface area contributed by atoms with Crippen LogP contribution in [0.3, 0.4) is 0 Å². The van der Waals surface area contributed by atoms with Gasteiger partial charge in [-0.2, -0.15) is 5.10 Å². The molecular weight excluding hydrogens is 390 g/mol. The summed E-state index contributed by atoms with van der Waals surface area (Å²) in [5.74, 6) is 1.45. The number of nitrogens with zero attached hydrogens (tertiary/aromatic N) is 2. The molecule has 1 fully saturated rings. The predicted octanol–water partition coefficient (Wildman–Crippen LogP) is 4.42. The second-order valence-corrected chi connectivity index (χ2v) is 7.37. The summed E-state index contributed by atoms with van der Waals surface area (Å²) in [6.07, 6.45) is 1.64. The molecule has 0 radical (unpaired) electrons. The zero-order chi connectivity index (χ0) is 20.2. The van der Waals surface area contributed by atoms with E-state index in [-0.39, 0.29) is 12.0 Å². The number of carbonyl (C=O) groups is 1. The third kappa shape index (κ3) is 4.38. The van der Waals surface area contributed by atoms with Gasteiger partial charge in [0, 0.05) is 36.5 Å². The number of amides is 1. The van der Waals surface area contributed by atoms with E-state index < -0.39 is 0 Å². The molecule has 29 heavy (non-hydrogen) atoms. The number of benzene rings is 2. The van der Waals surface area contributed by atoms with E-state index in [4.69, 9.17) is 21.1 Å². The molecule has 0 atom stereocenters. The zero-order valence-electron chi connectivity index (χ0n) is 16.1. The molecule has 0 unspecified atom stereocenters.